The van der Waals surface area contributed by atoms with Crippen LogP contribution in [0.25, 0.3) is 0 Å². The largest absolute Gasteiger partial charge is 0.466 e. The third kappa shape index (κ3) is 2.55. The van der Waals surface area contributed by atoms with Gasteiger partial charge >= 0.3 is 0 Å². The molecule has 1 aliphatic heterocycles. The van der Waals surface area contributed by atoms with Gasteiger partial charge in [0.15, 0.2) is 0 Å². The molecule has 1 saturated heterocycles. The first-order valence-electron chi connectivity index (χ1n) is 3.34. The third-order valence-electron chi connectivity index (χ3n) is 1.31. The molecule has 0 atom stereocenters. The molecular weight excluding hydrogens is 132 g/mol. The van der Waals surface area contributed by atoms with E-state index in [-0.39, 0.29) is 9.52 Å². The summed E-state index contributed by atoms with van der Waals surface area (Å²) in [5.41, 5.74) is 0. The van der Waals surface area contributed by atoms with Crippen LogP contribution >= 0.6 is 0 Å². The standard InChI is InChI=1S/C6H12O2Si/c1-6-7-2-4-9-5-3-8-6/h1-5,9H2. The SMILES string of the molecule is C=C1OCC[SiH2]CCO1. The van der Waals surface area contributed by atoms with Crippen LogP contribution in [0.4, 0.5) is 0 Å². The van der Waals surface area contributed by atoms with Gasteiger partial charge in [-0.3, -0.25) is 0 Å². The van der Waals surface area contributed by atoms with Crippen molar-refractivity contribution in [2.75, 3.05) is 13.2 Å². The lowest BCUT2D eigenvalue weighted by Gasteiger charge is -2.13. The van der Waals surface area contributed by atoms with Crippen LogP contribution in [-0.4, -0.2) is 22.7 Å². The van der Waals surface area contributed by atoms with Crippen LogP contribution in [0.1, 0.15) is 0 Å². The minimum atomic E-state index is 0.138. The fourth-order valence-corrected chi connectivity index (χ4v) is 1.85. The first kappa shape index (κ1) is 6.67. The number of hydrogen-bond donors (Lipinski definition) is 0. The van der Waals surface area contributed by atoms with Crippen molar-refractivity contribution in [1.29, 1.82) is 0 Å². The van der Waals surface area contributed by atoms with Gasteiger partial charge in [-0.2, -0.15) is 0 Å². The van der Waals surface area contributed by atoms with Crippen LogP contribution in [0.3, 0.4) is 0 Å². The summed E-state index contributed by atoms with van der Waals surface area (Å²) in [5.74, 6) is 0.503. The molecule has 1 aliphatic rings. The number of hydrogen-bond acceptors (Lipinski definition) is 2. The second-order valence-corrected chi connectivity index (χ2v) is 4.25. The number of ether oxygens (including phenoxy) is 2. The fraction of sp³-hybridized carbons (Fsp3) is 0.667. The smallest absolute Gasteiger partial charge is 0.271 e. The van der Waals surface area contributed by atoms with E-state index in [4.69, 9.17) is 9.47 Å². The van der Waals surface area contributed by atoms with Gasteiger partial charge in [0.1, 0.15) is 0 Å². The van der Waals surface area contributed by atoms with E-state index in [1.54, 1.807) is 0 Å². The molecule has 0 radical (unpaired) electrons. The predicted molar refractivity (Wildman–Crippen MR) is 39.2 cm³/mol. The Balaban J connectivity index is 2.20. The minimum absolute atomic E-state index is 0.138. The third-order valence-corrected chi connectivity index (χ3v) is 2.89. The van der Waals surface area contributed by atoms with E-state index in [0.717, 1.165) is 13.2 Å². The highest BCUT2D eigenvalue weighted by Gasteiger charge is 2.00. The van der Waals surface area contributed by atoms with Crippen molar-refractivity contribution in [2.45, 2.75) is 12.1 Å². The lowest BCUT2D eigenvalue weighted by Crippen LogP contribution is -2.08. The number of rotatable bonds is 0. The highest BCUT2D eigenvalue weighted by atomic mass is 28.2. The Hall–Kier alpha value is -0.443. The molecule has 0 aliphatic carbocycles. The Morgan fingerprint density at radius 2 is 1.78 bits per heavy atom. The molecular formula is C6H12O2Si. The van der Waals surface area contributed by atoms with E-state index in [0.29, 0.717) is 5.95 Å². The maximum absolute atomic E-state index is 5.10. The summed E-state index contributed by atoms with van der Waals surface area (Å²) in [4.78, 5) is 0. The molecule has 1 rings (SSSR count). The topological polar surface area (TPSA) is 18.5 Å². The van der Waals surface area contributed by atoms with Crippen molar-refractivity contribution < 1.29 is 9.47 Å². The van der Waals surface area contributed by atoms with Crippen molar-refractivity contribution in [3.8, 4) is 0 Å². The second kappa shape index (κ2) is 3.56. The Labute approximate surface area is 57.7 Å². The van der Waals surface area contributed by atoms with Gasteiger partial charge in [0.25, 0.3) is 5.95 Å². The molecule has 1 fully saturated rings. The van der Waals surface area contributed by atoms with Crippen molar-refractivity contribution >= 4 is 9.52 Å². The van der Waals surface area contributed by atoms with Crippen LogP contribution in [0.2, 0.25) is 12.1 Å². The molecule has 0 saturated carbocycles. The molecule has 2 nitrogen and oxygen atoms in total. The summed E-state index contributed by atoms with van der Waals surface area (Å²) >= 11 is 0. The normalized spacial score (nSPS) is 21.1. The summed E-state index contributed by atoms with van der Waals surface area (Å²) in [7, 11) is 0.138. The van der Waals surface area contributed by atoms with Gasteiger partial charge in [0.2, 0.25) is 0 Å². The molecule has 0 amide bonds. The quantitative estimate of drug-likeness (QED) is 0.461. The van der Waals surface area contributed by atoms with Gasteiger partial charge in [0.05, 0.1) is 13.2 Å². The zero-order chi connectivity index (χ0) is 6.53. The summed E-state index contributed by atoms with van der Waals surface area (Å²) in [6, 6.07) is 2.53. The molecule has 0 aromatic heterocycles. The maximum atomic E-state index is 5.10. The van der Waals surface area contributed by atoms with E-state index in [1.807, 2.05) is 0 Å². The van der Waals surface area contributed by atoms with Gasteiger partial charge in [-0.25, -0.2) is 0 Å². The average Bonchev–Trinajstić information content (AvgIpc) is 1.79. The van der Waals surface area contributed by atoms with Crippen LogP contribution < -0.4 is 0 Å². The molecule has 0 bridgehead atoms. The zero-order valence-electron chi connectivity index (χ0n) is 5.56. The molecule has 9 heavy (non-hydrogen) atoms. The first-order chi connectivity index (χ1) is 4.39. The summed E-state index contributed by atoms with van der Waals surface area (Å²) in [6.07, 6.45) is 0. The Bertz CT molecular complexity index is 93.2. The summed E-state index contributed by atoms with van der Waals surface area (Å²) in [5, 5.41) is 0. The van der Waals surface area contributed by atoms with Crippen LogP contribution in [0.5, 0.6) is 0 Å². The Kier molecular flexibility index (Phi) is 2.64. The minimum Gasteiger partial charge on any atom is -0.466 e. The Morgan fingerprint density at radius 1 is 1.22 bits per heavy atom. The highest BCUT2D eigenvalue weighted by molar-refractivity contribution is 6.35. The molecule has 0 spiro atoms. The molecule has 0 aromatic rings. The Morgan fingerprint density at radius 3 is 2.33 bits per heavy atom. The molecule has 3 heteroatoms. The van der Waals surface area contributed by atoms with Gasteiger partial charge in [-0.05, 0) is 18.7 Å². The molecule has 0 N–H and O–H groups in total. The van der Waals surface area contributed by atoms with Gasteiger partial charge in [0, 0.05) is 9.52 Å². The van der Waals surface area contributed by atoms with E-state index in [2.05, 4.69) is 6.58 Å². The lowest BCUT2D eigenvalue weighted by atomic mass is 10.8. The van der Waals surface area contributed by atoms with Crippen molar-refractivity contribution in [2.24, 2.45) is 0 Å². The maximum Gasteiger partial charge on any atom is 0.271 e. The van der Waals surface area contributed by atoms with E-state index in [1.165, 1.54) is 12.1 Å². The lowest BCUT2D eigenvalue weighted by molar-refractivity contribution is 0.0448. The summed E-state index contributed by atoms with van der Waals surface area (Å²) < 4.78 is 10.2. The highest BCUT2D eigenvalue weighted by Crippen LogP contribution is 2.03. The predicted octanol–water partition coefficient (Wildman–Crippen LogP) is 0.510. The molecule has 0 unspecified atom stereocenters. The average molecular weight is 144 g/mol. The van der Waals surface area contributed by atoms with Crippen LogP contribution in [-0.2, 0) is 9.47 Å². The van der Waals surface area contributed by atoms with Crippen LogP contribution in [0.15, 0.2) is 12.5 Å². The van der Waals surface area contributed by atoms with Gasteiger partial charge in [-0.15, -0.1) is 0 Å². The molecule has 1 heterocycles. The first-order valence-corrected chi connectivity index (χ1v) is 5.34. The zero-order valence-corrected chi connectivity index (χ0v) is 6.97. The van der Waals surface area contributed by atoms with E-state index in [9.17, 15) is 0 Å². The second-order valence-electron chi connectivity index (χ2n) is 2.13. The van der Waals surface area contributed by atoms with Gasteiger partial charge < -0.3 is 9.47 Å². The van der Waals surface area contributed by atoms with Crippen molar-refractivity contribution in [3.05, 3.63) is 12.5 Å². The molecule has 0 aromatic carbocycles. The van der Waals surface area contributed by atoms with Crippen LogP contribution in [0, 0.1) is 0 Å². The summed E-state index contributed by atoms with van der Waals surface area (Å²) in [6.45, 7) is 5.24. The fourth-order valence-electron chi connectivity index (χ4n) is 0.795. The monoisotopic (exact) mass is 144 g/mol. The van der Waals surface area contributed by atoms with E-state index < -0.39 is 0 Å². The van der Waals surface area contributed by atoms with Crippen molar-refractivity contribution in [3.63, 3.8) is 0 Å². The van der Waals surface area contributed by atoms with Crippen molar-refractivity contribution in [1.82, 2.24) is 0 Å². The molecule has 52 valence electrons. The van der Waals surface area contributed by atoms with E-state index >= 15 is 0 Å². The van der Waals surface area contributed by atoms with Gasteiger partial charge in [-0.1, -0.05) is 0 Å².